The largest absolute Gasteiger partial charge is 0.346 e. The molecule has 1 aliphatic carbocycles. The molecule has 2 aromatic heterocycles. The summed E-state index contributed by atoms with van der Waals surface area (Å²) in [5.41, 5.74) is 4.46. The molecule has 122 valence electrons. The first kappa shape index (κ1) is 14.8. The smallest absolute Gasteiger partial charge is 0.289 e. The summed E-state index contributed by atoms with van der Waals surface area (Å²) < 4.78 is 1.71. The second kappa shape index (κ2) is 5.70. The van der Waals surface area contributed by atoms with Gasteiger partial charge in [-0.3, -0.25) is 9.20 Å². The average molecular weight is 321 g/mol. The van der Waals surface area contributed by atoms with E-state index in [-0.39, 0.29) is 11.9 Å². The van der Waals surface area contributed by atoms with Gasteiger partial charge < -0.3 is 5.32 Å². The molecule has 1 amide bonds. The zero-order valence-corrected chi connectivity index (χ0v) is 13.8. The molecule has 1 N–H and O–H groups in total. The number of nitrogens with one attached hydrogen (secondary N) is 1. The third-order valence-corrected chi connectivity index (χ3v) is 4.58. The highest BCUT2D eigenvalue weighted by Crippen LogP contribution is 2.21. The summed E-state index contributed by atoms with van der Waals surface area (Å²) in [6.45, 7) is 3.83. The van der Waals surface area contributed by atoms with Crippen molar-refractivity contribution in [1.29, 1.82) is 0 Å². The fourth-order valence-electron chi connectivity index (χ4n) is 3.45. The molecule has 4 rings (SSSR count). The number of carbonyl (C=O) groups is 1. The summed E-state index contributed by atoms with van der Waals surface area (Å²) in [7, 11) is 0. The minimum absolute atomic E-state index is 0.124. The van der Waals surface area contributed by atoms with Crippen LogP contribution in [0.3, 0.4) is 0 Å². The van der Waals surface area contributed by atoms with Crippen LogP contribution in [0.5, 0.6) is 0 Å². The summed E-state index contributed by atoms with van der Waals surface area (Å²) in [6.07, 6.45) is 2.78. The number of nitrogens with zero attached hydrogens (tertiary/aromatic N) is 4. The van der Waals surface area contributed by atoms with Gasteiger partial charge in [-0.25, -0.2) is 4.98 Å². The summed E-state index contributed by atoms with van der Waals surface area (Å²) in [5.74, 6) is 0.570. The third kappa shape index (κ3) is 2.54. The van der Waals surface area contributed by atoms with E-state index in [1.807, 2.05) is 26.0 Å². The average Bonchev–Trinajstić information content (AvgIpc) is 2.99. The molecule has 0 spiro atoms. The fraction of sp³-hybridized carbons (Fsp3) is 0.333. The quantitative estimate of drug-likeness (QED) is 0.784. The Labute approximate surface area is 139 Å². The molecule has 0 bridgehead atoms. The highest BCUT2D eigenvalue weighted by Gasteiger charge is 2.23. The normalized spacial score (nSPS) is 16.8. The maximum Gasteiger partial charge on any atom is 0.289 e. The Morgan fingerprint density at radius 2 is 2.00 bits per heavy atom. The van der Waals surface area contributed by atoms with Crippen LogP contribution in [0.2, 0.25) is 0 Å². The van der Waals surface area contributed by atoms with Crippen LogP contribution in [-0.4, -0.2) is 31.5 Å². The molecule has 1 unspecified atom stereocenters. The molecule has 2 heterocycles. The molecular weight excluding hydrogens is 302 g/mol. The van der Waals surface area contributed by atoms with Crippen LogP contribution in [0.1, 0.15) is 39.6 Å². The van der Waals surface area contributed by atoms with Crippen LogP contribution in [0.25, 0.3) is 5.78 Å². The number of hydrogen-bond acceptors (Lipinski definition) is 4. The molecule has 1 aliphatic rings. The number of amides is 1. The minimum Gasteiger partial charge on any atom is -0.346 e. The van der Waals surface area contributed by atoms with Crippen molar-refractivity contribution in [2.45, 2.75) is 39.2 Å². The Morgan fingerprint density at radius 1 is 1.21 bits per heavy atom. The number of aryl methyl sites for hydroxylation is 3. The van der Waals surface area contributed by atoms with E-state index in [0.29, 0.717) is 11.6 Å². The van der Waals surface area contributed by atoms with E-state index in [0.717, 1.165) is 30.7 Å². The zero-order chi connectivity index (χ0) is 16.7. The molecule has 3 aromatic rings. The lowest BCUT2D eigenvalue weighted by atomic mass is 9.88. The van der Waals surface area contributed by atoms with Gasteiger partial charge in [-0.15, -0.1) is 10.2 Å². The molecule has 1 atom stereocenters. The lowest BCUT2D eigenvalue weighted by Gasteiger charge is -2.25. The van der Waals surface area contributed by atoms with Gasteiger partial charge in [0.15, 0.2) is 0 Å². The number of fused-ring (bicyclic) bond motifs is 2. The van der Waals surface area contributed by atoms with Crippen molar-refractivity contribution in [2.75, 3.05) is 0 Å². The van der Waals surface area contributed by atoms with Crippen molar-refractivity contribution in [2.24, 2.45) is 0 Å². The number of aromatic nitrogens is 4. The number of benzene rings is 1. The Kier molecular flexibility index (Phi) is 3.52. The van der Waals surface area contributed by atoms with Gasteiger partial charge in [0, 0.05) is 17.4 Å². The Balaban J connectivity index is 1.57. The van der Waals surface area contributed by atoms with E-state index in [4.69, 9.17) is 0 Å². The van der Waals surface area contributed by atoms with E-state index >= 15 is 0 Å². The van der Waals surface area contributed by atoms with Crippen molar-refractivity contribution in [3.63, 3.8) is 0 Å². The number of carbonyl (C=O) groups excluding carboxylic acids is 1. The van der Waals surface area contributed by atoms with E-state index in [1.165, 1.54) is 11.1 Å². The lowest BCUT2D eigenvalue weighted by Crippen LogP contribution is -2.39. The minimum atomic E-state index is -0.194. The molecule has 6 heteroatoms. The van der Waals surface area contributed by atoms with Gasteiger partial charge in [0.05, 0.1) is 0 Å². The van der Waals surface area contributed by atoms with Crippen LogP contribution >= 0.6 is 0 Å². The molecule has 1 aromatic carbocycles. The first-order valence-electron chi connectivity index (χ1n) is 8.19. The van der Waals surface area contributed by atoms with Crippen molar-refractivity contribution in [3.8, 4) is 0 Å². The molecule has 0 saturated carbocycles. The summed E-state index contributed by atoms with van der Waals surface area (Å²) in [5, 5.41) is 11.2. The lowest BCUT2D eigenvalue weighted by molar-refractivity contribution is 0.0921. The van der Waals surface area contributed by atoms with Crippen molar-refractivity contribution in [1.82, 2.24) is 24.9 Å². The molecule has 0 fully saturated rings. The van der Waals surface area contributed by atoms with E-state index in [2.05, 4.69) is 38.7 Å². The maximum absolute atomic E-state index is 12.7. The van der Waals surface area contributed by atoms with Gasteiger partial charge in [-0.1, -0.05) is 24.3 Å². The fourth-order valence-corrected chi connectivity index (χ4v) is 3.45. The Hall–Kier alpha value is -2.76. The molecule has 0 radical (unpaired) electrons. The van der Waals surface area contributed by atoms with Crippen LogP contribution in [0.4, 0.5) is 0 Å². The van der Waals surface area contributed by atoms with Gasteiger partial charge in [0.2, 0.25) is 5.82 Å². The molecule has 0 saturated heterocycles. The van der Waals surface area contributed by atoms with Gasteiger partial charge in [0.1, 0.15) is 0 Å². The number of rotatable bonds is 2. The molecule has 6 nitrogen and oxygen atoms in total. The van der Waals surface area contributed by atoms with Gasteiger partial charge >= 0.3 is 0 Å². The van der Waals surface area contributed by atoms with Crippen molar-refractivity contribution in [3.05, 3.63) is 58.7 Å². The second-order valence-electron chi connectivity index (χ2n) is 6.38. The van der Waals surface area contributed by atoms with Crippen LogP contribution < -0.4 is 5.32 Å². The van der Waals surface area contributed by atoms with Crippen molar-refractivity contribution < 1.29 is 4.79 Å². The first-order chi connectivity index (χ1) is 11.6. The van der Waals surface area contributed by atoms with E-state index in [1.54, 1.807) is 4.40 Å². The monoisotopic (exact) mass is 321 g/mol. The number of hydrogen-bond donors (Lipinski definition) is 1. The maximum atomic E-state index is 12.7. The Bertz CT molecular complexity index is 930. The SMILES string of the molecule is Cc1cc(C)n2c(C(=O)NC3CCc4ccccc4C3)nnc2n1. The van der Waals surface area contributed by atoms with Crippen LogP contribution in [-0.2, 0) is 12.8 Å². The predicted octanol–water partition coefficient (Wildman–Crippen LogP) is 2.03. The van der Waals surface area contributed by atoms with E-state index in [9.17, 15) is 4.79 Å². The van der Waals surface area contributed by atoms with Gasteiger partial charge in [-0.05, 0) is 50.3 Å². The summed E-state index contributed by atoms with van der Waals surface area (Å²) in [6, 6.07) is 10.5. The highest BCUT2D eigenvalue weighted by atomic mass is 16.2. The van der Waals surface area contributed by atoms with Gasteiger partial charge in [-0.2, -0.15) is 0 Å². The summed E-state index contributed by atoms with van der Waals surface area (Å²) in [4.78, 5) is 17.0. The van der Waals surface area contributed by atoms with E-state index < -0.39 is 0 Å². The first-order valence-corrected chi connectivity index (χ1v) is 8.19. The van der Waals surface area contributed by atoms with Gasteiger partial charge in [0.25, 0.3) is 11.7 Å². The van der Waals surface area contributed by atoms with Crippen LogP contribution in [0, 0.1) is 13.8 Å². The molecular formula is C18H19N5O. The standard InChI is InChI=1S/C18H19N5O/c1-11-9-12(2)23-16(21-22-18(23)19-11)17(24)20-15-8-7-13-5-3-4-6-14(13)10-15/h3-6,9,15H,7-8,10H2,1-2H3,(H,20,24). The Morgan fingerprint density at radius 3 is 2.83 bits per heavy atom. The van der Waals surface area contributed by atoms with Crippen molar-refractivity contribution >= 4 is 11.7 Å². The third-order valence-electron chi connectivity index (χ3n) is 4.58. The topological polar surface area (TPSA) is 72.2 Å². The summed E-state index contributed by atoms with van der Waals surface area (Å²) >= 11 is 0. The predicted molar refractivity (Wildman–Crippen MR) is 90.0 cm³/mol. The molecule has 24 heavy (non-hydrogen) atoms. The molecule has 0 aliphatic heterocycles. The van der Waals surface area contributed by atoms with Crippen LogP contribution in [0.15, 0.2) is 30.3 Å². The second-order valence-corrected chi connectivity index (χ2v) is 6.38. The highest BCUT2D eigenvalue weighted by molar-refractivity contribution is 5.91. The zero-order valence-electron chi connectivity index (χ0n) is 13.8.